The van der Waals surface area contributed by atoms with Gasteiger partial charge in [0.2, 0.25) is 5.91 Å². The molecule has 0 radical (unpaired) electrons. The van der Waals surface area contributed by atoms with Crippen molar-refractivity contribution in [2.24, 2.45) is 0 Å². The molecule has 0 aromatic heterocycles. The molecular formula is C23H20N2O4S. The molecule has 0 saturated heterocycles. The molecule has 6 nitrogen and oxygen atoms in total. The molecule has 1 amide bonds. The first-order valence-electron chi connectivity index (χ1n) is 9.35. The summed E-state index contributed by atoms with van der Waals surface area (Å²) in [5.41, 5.74) is 2.45. The zero-order valence-corrected chi connectivity index (χ0v) is 16.9. The summed E-state index contributed by atoms with van der Waals surface area (Å²) in [5.74, 6) is 0.213. The van der Waals surface area contributed by atoms with Crippen molar-refractivity contribution in [1.29, 1.82) is 0 Å². The Labute approximate surface area is 175 Å². The molecule has 3 aromatic carbocycles. The lowest BCUT2D eigenvalue weighted by molar-refractivity contribution is -0.114. The SMILES string of the molecule is C=CCOc1ccc(NC(=O)CN2c3ccccc3-c3ccccc3S2(=O)=O)cc1. The van der Waals surface area contributed by atoms with Gasteiger partial charge in [-0.2, -0.15) is 0 Å². The summed E-state index contributed by atoms with van der Waals surface area (Å²) in [6.45, 7) is 3.65. The summed E-state index contributed by atoms with van der Waals surface area (Å²) >= 11 is 0. The lowest BCUT2D eigenvalue weighted by atomic mass is 10.0. The van der Waals surface area contributed by atoms with Gasteiger partial charge in [0.25, 0.3) is 10.0 Å². The largest absolute Gasteiger partial charge is 0.490 e. The second kappa shape index (κ2) is 8.04. The topological polar surface area (TPSA) is 75.7 Å². The molecule has 1 aliphatic rings. The molecule has 7 heteroatoms. The number of nitrogens with one attached hydrogen (secondary N) is 1. The molecule has 3 aromatic rings. The molecule has 152 valence electrons. The monoisotopic (exact) mass is 420 g/mol. The van der Waals surface area contributed by atoms with Crippen LogP contribution < -0.4 is 14.4 Å². The smallest absolute Gasteiger partial charge is 0.265 e. The van der Waals surface area contributed by atoms with Crippen LogP contribution in [0.1, 0.15) is 0 Å². The fraction of sp³-hybridized carbons (Fsp3) is 0.0870. The van der Waals surface area contributed by atoms with E-state index in [1.807, 2.05) is 12.1 Å². The Morgan fingerprint density at radius 2 is 1.63 bits per heavy atom. The minimum absolute atomic E-state index is 0.195. The molecule has 4 rings (SSSR count). The lowest BCUT2D eigenvalue weighted by Gasteiger charge is -2.31. The maximum atomic E-state index is 13.2. The van der Waals surface area contributed by atoms with E-state index in [9.17, 15) is 13.2 Å². The van der Waals surface area contributed by atoms with Crippen molar-refractivity contribution in [3.05, 3.63) is 85.5 Å². The number of hydrogen-bond donors (Lipinski definition) is 1. The third kappa shape index (κ3) is 3.67. The van der Waals surface area contributed by atoms with E-state index < -0.39 is 15.9 Å². The number of carbonyl (C=O) groups excluding carboxylic acids is 1. The van der Waals surface area contributed by atoms with E-state index in [1.54, 1.807) is 66.7 Å². The molecule has 1 aliphatic heterocycles. The van der Waals surface area contributed by atoms with Crippen molar-refractivity contribution in [1.82, 2.24) is 0 Å². The summed E-state index contributed by atoms with van der Waals surface area (Å²) in [7, 11) is -3.86. The molecular weight excluding hydrogens is 400 g/mol. The number of carbonyl (C=O) groups is 1. The molecule has 0 unspecified atom stereocenters. The predicted octanol–water partition coefficient (Wildman–Crippen LogP) is 4.07. The highest BCUT2D eigenvalue weighted by Gasteiger charge is 2.35. The van der Waals surface area contributed by atoms with Gasteiger partial charge in [-0.15, -0.1) is 0 Å². The molecule has 0 atom stereocenters. The van der Waals surface area contributed by atoms with Crippen molar-refractivity contribution in [3.63, 3.8) is 0 Å². The van der Waals surface area contributed by atoms with E-state index in [-0.39, 0.29) is 11.4 Å². The van der Waals surface area contributed by atoms with Crippen LogP contribution in [0.2, 0.25) is 0 Å². The molecule has 0 aliphatic carbocycles. The number of amides is 1. The highest BCUT2D eigenvalue weighted by atomic mass is 32.2. The third-order valence-corrected chi connectivity index (χ3v) is 6.53. The van der Waals surface area contributed by atoms with Crippen LogP contribution in [-0.4, -0.2) is 27.5 Å². The van der Waals surface area contributed by atoms with Crippen LogP contribution in [0.5, 0.6) is 5.75 Å². The first-order chi connectivity index (χ1) is 14.5. The van der Waals surface area contributed by atoms with Crippen LogP contribution in [-0.2, 0) is 14.8 Å². The van der Waals surface area contributed by atoms with Gasteiger partial charge in [0, 0.05) is 16.8 Å². The predicted molar refractivity (Wildman–Crippen MR) is 117 cm³/mol. The van der Waals surface area contributed by atoms with E-state index in [1.165, 1.54) is 0 Å². The summed E-state index contributed by atoms with van der Waals surface area (Å²) in [5, 5.41) is 2.74. The average molecular weight is 420 g/mol. The Bertz CT molecular complexity index is 1200. The molecule has 1 heterocycles. The minimum Gasteiger partial charge on any atom is -0.490 e. The van der Waals surface area contributed by atoms with E-state index in [0.29, 0.717) is 29.3 Å². The van der Waals surface area contributed by atoms with Gasteiger partial charge >= 0.3 is 0 Å². The van der Waals surface area contributed by atoms with Gasteiger partial charge in [-0.3, -0.25) is 9.10 Å². The van der Waals surface area contributed by atoms with Gasteiger partial charge in [0.15, 0.2) is 0 Å². The second-order valence-electron chi connectivity index (χ2n) is 6.70. The van der Waals surface area contributed by atoms with Gasteiger partial charge in [-0.25, -0.2) is 8.42 Å². The number of ether oxygens (including phenoxy) is 1. The van der Waals surface area contributed by atoms with Crippen LogP contribution in [0.25, 0.3) is 11.1 Å². The number of nitrogens with zero attached hydrogens (tertiary/aromatic N) is 1. The first-order valence-corrected chi connectivity index (χ1v) is 10.8. The standard InChI is InChI=1S/C23H20N2O4S/c1-2-15-29-18-13-11-17(12-14-18)24-23(26)16-25-21-9-5-3-7-19(21)20-8-4-6-10-22(20)30(25,27)28/h2-14H,1,15-16H2,(H,24,26). The number of rotatable bonds is 6. The number of benzene rings is 3. The fourth-order valence-electron chi connectivity index (χ4n) is 3.37. The zero-order chi connectivity index (χ0) is 21.1. The molecule has 1 N–H and O–H groups in total. The van der Waals surface area contributed by atoms with Crippen LogP contribution in [0.15, 0.2) is 90.3 Å². The highest BCUT2D eigenvalue weighted by Crippen LogP contribution is 2.42. The van der Waals surface area contributed by atoms with E-state index >= 15 is 0 Å². The number of hydrogen-bond acceptors (Lipinski definition) is 4. The molecule has 0 bridgehead atoms. The maximum absolute atomic E-state index is 13.2. The van der Waals surface area contributed by atoms with Crippen LogP contribution in [0.4, 0.5) is 11.4 Å². The van der Waals surface area contributed by atoms with Gasteiger partial charge in [0.05, 0.1) is 10.6 Å². The summed E-state index contributed by atoms with van der Waals surface area (Å²) in [6.07, 6.45) is 1.64. The van der Waals surface area contributed by atoms with Crippen LogP contribution in [0.3, 0.4) is 0 Å². The Morgan fingerprint density at radius 1 is 0.967 bits per heavy atom. The van der Waals surface area contributed by atoms with E-state index in [4.69, 9.17) is 4.74 Å². The average Bonchev–Trinajstić information content (AvgIpc) is 2.76. The van der Waals surface area contributed by atoms with E-state index in [2.05, 4.69) is 11.9 Å². The lowest BCUT2D eigenvalue weighted by Crippen LogP contribution is -2.40. The molecule has 0 saturated carbocycles. The summed E-state index contributed by atoms with van der Waals surface area (Å²) in [4.78, 5) is 12.9. The first kappa shape index (κ1) is 19.7. The Balaban J connectivity index is 1.58. The number of anilines is 2. The van der Waals surface area contributed by atoms with Crippen molar-refractivity contribution in [2.75, 3.05) is 22.8 Å². The van der Waals surface area contributed by atoms with Gasteiger partial charge < -0.3 is 10.1 Å². The Hall–Kier alpha value is -3.58. The van der Waals surface area contributed by atoms with Crippen LogP contribution in [0, 0.1) is 0 Å². The molecule has 30 heavy (non-hydrogen) atoms. The van der Waals surface area contributed by atoms with Gasteiger partial charge in [-0.05, 0) is 36.4 Å². The van der Waals surface area contributed by atoms with Crippen molar-refractivity contribution >= 4 is 27.3 Å². The summed E-state index contributed by atoms with van der Waals surface area (Å²) < 4.78 is 33.0. The fourth-order valence-corrected chi connectivity index (χ4v) is 5.02. The highest BCUT2D eigenvalue weighted by molar-refractivity contribution is 7.93. The second-order valence-corrected chi connectivity index (χ2v) is 8.53. The van der Waals surface area contributed by atoms with E-state index in [0.717, 1.165) is 9.87 Å². The van der Waals surface area contributed by atoms with Crippen molar-refractivity contribution in [2.45, 2.75) is 4.90 Å². The number of sulfonamides is 1. The zero-order valence-electron chi connectivity index (χ0n) is 16.1. The van der Waals surface area contributed by atoms with Gasteiger partial charge in [-0.1, -0.05) is 49.1 Å². The number of fused-ring (bicyclic) bond motifs is 3. The Morgan fingerprint density at radius 3 is 2.37 bits per heavy atom. The van der Waals surface area contributed by atoms with Crippen molar-refractivity contribution < 1.29 is 17.9 Å². The Kier molecular flexibility index (Phi) is 5.29. The third-order valence-electron chi connectivity index (χ3n) is 4.71. The van der Waals surface area contributed by atoms with Crippen molar-refractivity contribution in [3.8, 4) is 16.9 Å². The minimum atomic E-state index is -3.86. The van der Waals surface area contributed by atoms with Crippen LogP contribution >= 0.6 is 0 Å². The quantitative estimate of drug-likeness (QED) is 0.610. The molecule has 0 spiro atoms. The van der Waals surface area contributed by atoms with Gasteiger partial charge in [0.1, 0.15) is 18.9 Å². The number of para-hydroxylation sites is 1. The normalized spacial score (nSPS) is 13.7. The summed E-state index contributed by atoms with van der Waals surface area (Å²) in [6, 6.07) is 20.8. The molecule has 0 fully saturated rings. The maximum Gasteiger partial charge on any atom is 0.265 e.